The van der Waals surface area contributed by atoms with E-state index in [0.29, 0.717) is 17.8 Å². The molecule has 1 fully saturated rings. The average Bonchev–Trinajstić information content (AvgIpc) is 2.46. The van der Waals surface area contributed by atoms with E-state index < -0.39 is 0 Å². The first kappa shape index (κ1) is 16.0. The lowest BCUT2D eigenvalue weighted by atomic mass is 10.2. The lowest BCUT2D eigenvalue weighted by molar-refractivity contribution is -0.915. The zero-order valence-electron chi connectivity index (χ0n) is 13.0. The van der Waals surface area contributed by atoms with Gasteiger partial charge in [0.1, 0.15) is 37.3 Å². The van der Waals surface area contributed by atoms with Gasteiger partial charge in [0, 0.05) is 5.56 Å². The monoisotopic (exact) mass is 292 g/mol. The molecule has 1 saturated heterocycles. The first-order valence-corrected chi connectivity index (χ1v) is 7.84. The SMILES string of the molecule is C[C@H]1C[NH+](CCCCOc2ccc(C=O)cc2)C[C@H](C)O1. The lowest BCUT2D eigenvalue weighted by Gasteiger charge is -2.32. The van der Waals surface area contributed by atoms with E-state index in [-0.39, 0.29) is 0 Å². The quantitative estimate of drug-likeness (QED) is 0.609. The van der Waals surface area contributed by atoms with E-state index in [0.717, 1.165) is 38.2 Å². The normalized spacial score (nSPS) is 25.5. The van der Waals surface area contributed by atoms with Gasteiger partial charge in [-0.15, -0.1) is 0 Å². The summed E-state index contributed by atoms with van der Waals surface area (Å²) in [6, 6.07) is 7.26. The van der Waals surface area contributed by atoms with Crippen LogP contribution in [0.5, 0.6) is 5.75 Å². The number of rotatable bonds is 7. The summed E-state index contributed by atoms with van der Waals surface area (Å²) in [6.07, 6.45) is 3.81. The Kier molecular flexibility index (Phi) is 6.21. The van der Waals surface area contributed by atoms with Crippen LogP contribution in [0.2, 0.25) is 0 Å². The highest BCUT2D eigenvalue weighted by Crippen LogP contribution is 2.11. The summed E-state index contributed by atoms with van der Waals surface area (Å²) in [5.41, 5.74) is 0.682. The van der Waals surface area contributed by atoms with Crippen molar-refractivity contribution in [1.82, 2.24) is 0 Å². The highest BCUT2D eigenvalue weighted by Gasteiger charge is 2.24. The predicted molar refractivity (Wildman–Crippen MR) is 82.1 cm³/mol. The maximum atomic E-state index is 10.6. The third-order valence-corrected chi connectivity index (χ3v) is 3.83. The molecule has 0 aromatic heterocycles. The highest BCUT2D eigenvalue weighted by atomic mass is 16.5. The Labute approximate surface area is 127 Å². The number of morpholine rings is 1. The van der Waals surface area contributed by atoms with Crippen molar-refractivity contribution < 1.29 is 19.2 Å². The molecule has 0 radical (unpaired) electrons. The second-order valence-corrected chi connectivity index (χ2v) is 5.91. The predicted octanol–water partition coefficient (Wildman–Crippen LogP) is 1.35. The summed E-state index contributed by atoms with van der Waals surface area (Å²) in [5, 5.41) is 0. The van der Waals surface area contributed by atoms with Crippen molar-refractivity contribution in [1.29, 1.82) is 0 Å². The molecule has 1 N–H and O–H groups in total. The zero-order valence-corrected chi connectivity index (χ0v) is 13.0. The first-order chi connectivity index (χ1) is 10.2. The summed E-state index contributed by atoms with van der Waals surface area (Å²) in [5.74, 6) is 0.835. The van der Waals surface area contributed by atoms with Crippen LogP contribution in [-0.4, -0.2) is 44.7 Å². The molecule has 116 valence electrons. The Morgan fingerprint density at radius 1 is 1.19 bits per heavy atom. The smallest absolute Gasteiger partial charge is 0.150 e. The van der Waals surface area contributed by atoms with Crippen LogP contribution < -0.4 is 9.64 Å². The maximum Gasteiger partial charge on any atom is 0.150 e. The third-order valence-electron chi connectivity index (χ3n) is 3.83. The van der Waals surface area contributed by atoms with Gasteiger partial charge in [-0.25, -0.2) is 0 Å². The Bertz CT molecular complexity index is 422. The number of quaternary nitrogens is 1. The summed E-state index contributed by atoms with van der Waals surface area (Å²) in [6.45, 7) is 8.45. The maximum absolute atomic E-state index is 10.6. The van der Waals surface area contributed by atoms with Crippen LogP contribution in [0.15, 0.2) is 24.3 Å². The number of unbranched alkanes of at least 4 members (excludes halogenated alkanes) is 1. The van der Waals surface area contributed by atoms with Crippen LogP contribution in [0.4, 0.5) is 0 Å². The summed E-state index contributed by atoms with van der Waals surface area (Å²) >= 11 is 0. The van der Waals surface area contributed by atoms with E-state index in [1.54, 1.807) is 17.0 Å². The zero-order chi connectivity index (χ0) is 15.1. The summed E-state index contributed by atoms with van der Waals surface area (Å²) in [4.78, 5) is 12.2. The minimum absolute atomic E-state index is 0.372. The largest absolute Gasteiger partial charge is 0.494 e. The number of carbonyl (C=O) groups excluding carboxylic acids is 1. The number of aldehydes is 1. The number of hydrogen-bond donors (Lipinski definition) is 1. The Balaban J connectivity index is 1.60. The number of benzene rings is 1. The average molecular weight is 292 g/mol. The molecule has 4 nitrogen and oxygen atoms in total. The Hall–Kier alpha value is -1.39. The van der Waals surface area contributed by atoms with Gasteiger partial charge in [-0.1, -0.05) is 0 Å². The minimum atomic E-state index is 0.372. The van der Waals surface area contributed by atoms with E-state index >= 15 is 0 Å². The number of hydrogen-bond acceptors (Lipinski definition) is 3. The molecule has 0 amide bonds. The van der Waals surface area contributed by atoms with E-state index in [4.69, 9.17) is 9.47 Å². The Morgan fingerprint density at radius 3 is 2.48 bits per heavy atom. The molecule has 0 spiro atoms. The van der Waals surface area contributed by atoms with Crippen molar-refractivity contribution in [3.05, 3.63) is 29.8 Å². The van der Waals surface area contributed by atoms with E-state index in [1.807, 2.05) is 12.1 Å². The van der Waals surface area contributed by atoms with Crippen molar-refractivity contribution in [3.8, 4) is 5.75 Å². The first-order valence-electron chi connectivity index (χ1n) is 7.84. The molecule has 2 atom stereocenters. The minimum Gasteiger partial charge on any atom is -0.494 e. The fourth-order valence-corrected chi connectivity index (χ4v) is 2.90. The van der Waals surface area contributed by atoms with Crippen molar-refractivity contribution >= 4 is 6.29 Å². The van der Waals surface area contributed by atoms with Gasteiger partial charge in [-0.3, -0.25) is 4.79 Å². The molecule has 0 bridgehead atoms. The molecular weight excluding hydrogens is 266 g/mol. The fraction of sp³-hybridized carbons (Fsp3) is 0.588. The molecule has 2 rings (SSSR count). The molecule has 1 aromatic rings. The number of carbonyl (C=O) groups is 1. The van der Waals surface area contributed by atoms with Gasteiger partial charge in [0.15, 0.2) is 0 Å². The van der Waals surface area contributed by atoms with Gasteiger partial charge in [0.05, 0.1) is 13.2 Å². The molecule has 1 aromatic carbocycles. The number of ether oxygens (including phenoxy) is 2. The van der Waals surface area contributed by atoms with Gasteiger partial charge in [0.2, 0.25) is 0 Å². The molecule has 1 heterocycles. The Morgan fingerprint density at radius 2 is 1.86 bits per heavy atom. The molecule has 1 aliphatic rings. The van der Waals surface area contributed by atoms with Gasteiger partial charge in [-0.2, -0.15) is 0 Å². The van der Waals surface area contributed by atoms with E-state index in [1.165, 1.54) is 13.0 Å². The van der Waals surface area contributed by atoms with Crippen LogP contribution in [-0.2, 0) is 4.74 Å². The van der Waals surface area contributed by atoms with Gasteiger partial charge in [0.25, 0.3) is 0 Å². The van der Waals surface area contributed by atoms with Crippen LogP contribution in [0.3, 0.4) is 0 Å². The fourth-order valence-electron chi connectivity index (χ4n) is 2.90. The van der Waals surface area contributed by atoms with E-state index in [9.17, 15) is 4.79 Å². The molecule has 0 aliphatic carbocycles. The molecule has 21 heavy (non-hydrogen) atoms. The van der Waals surface area contributed by atoms with Crippen molar-refractivity contribution in [2.75, 3.05) is 26.2 Å². The topological polar surface area (TPSA) is 40.0 Å². The van der Waals surface area contributed by atoms with Gasteiger partial charge >= 0.3 is 0 Å². The molecule has 1 aliphatic heterocycles. The molecular formula is C17H26NO3+. The highest BCUT2D eigenvalue weighted by molar-refractivity contribution is 5.74. The van der Waals surface area contributed by atoms with E-state index in [2.05, 4.69) is 13.8 Å². The number of nitrogens with one attached hydrogen (secondary N) is 1. The lowest BCUT2D eigenvalue weighted by Crippen LogP contribution is -3.15. The van der Waals surface area contributed by atoms with Crippen molar-refractivity contribution in [2.45, 2.75) is 38.9 Å². The van der Waals surface area contributed by atoms with Crippen molar-refractivity contribution in [2.24, 2.45) is 0 Å². The molecule has 0 saturated carbocycles. The van der Waals surface area contributed by atoms with Crippen molar-refractivity contribution in [3.63, 3.8) is 0 Å². The molecule has 4 heteroatoms. The van der Waals surface area contributed by atoms with Crippen LogP contribution in [0.25, 0.3) is 0 Å². The molecule has 0 unspecified atom stereocenters. The second-order valence-electron chi connectivity index (χ2n) is 5.91. The summed E-state index contributed by atoms with van der Waals surface area (Å²) < 4.78 is 11.4. The van der Waals surface area contributed by atoms with Gasteiger partial charge in [-0.05, 0) is 51.0 Å². The van der Waals surface area contributed by atoms with Gasteiger partial charge < -0.3 is 14.4 Å². The standard InChI is InChI=1S/C17H25NO3/c1-14-11-18(12-15(2)21-14)9-3-4-10-20-17-7-5-16(13-19)6-8-17/h5-8,13-15H,3-4,9-12H2,1-2H3/p+1/t14-,15-/m0/s1. The summed E-state index contributed by atoms with van der Waals surface area (Å²) in [7, 11) is 0. The third kappa shape index (κ3) is 5.48. The van der Waals surface area contributed by atoms with Crippen LogP contribution in [0, 0.1) is 0 Å². The second kappa shape index (κ2) is 8.15. The van der Waals surface area contributed by atoms with Crippen LogP contribution in [0.1, 0.15) is 37.0 Å². The van der Waals surface area contributed by atoms with Crippen LogP contribution >= 0.6 is 0 Å².